The van der Waals surface area contributed by atoms with Gasteiger partial charge in [-0.2, -0.15) is 13.2 Å². The molecule has 0 aliphatic carbocycles. The van der Waals surface area contributed by atoms with Gasteiger partial charge in [-0.25, -0.2) is 4.79 Å². The first-order valence-corrected chi connectivity index (χ1v) is 8.55. The largest absolute Gasteiger partial charge is 0.482 e. The van der Waals surface area contributed by atoms with E-state index >= 15 is 0 Å². The van der Waals surface area contributed by atoms with E-state index in [-0.39, 0.29) is 18.4 Å². The standard InChI is InChI=1S/C20H20F3NO4/c1-13(15-6-8-17(9-7-15)28-12-18(25)26)24-19(27)16-4-2-14(3-5-16)10-11-20(21,22)23/h2-9,13H,10-12H2,1H3,(H,24,27)(H,25,26). The molecule has 1 atom stereocenters. The fourth-order valence-corrected chi connectivity index (χ4v) is 2.47. The van der Waals surface area contributed by atoms with Crippen LogP contribution in [0, 0.1) is 0 Å². The second-order valence-corrected chi connectivity index (χ2v) is 6.26. The third kappa shape index (κ3) is 6.94. The first kappa shape index (κ1) is 21.3. The number of halogens is 3. The van der Waals surface area contributed by atoms with E-state index < -0.39 is 25.2 Å². The topological polar surface area (TPSA) is 75.6 Å². The minimum absolute atomic E-state index is 0.127. The van der Waals surface area contributed by atoms with Crippen LogP contribution in [0.2, 0.25) is 0 Å². The second-order valence-electron chi connectivity index (χ2n) is 6.26. The summed E-state index contributed by atoms with van der Waals surface area (Å²) in [5, 5.41) is 11.4. The number of benzene rings is 2. The van der Waals surface area contributed by atoms with Crippen LogP contribution in [-0.2, 0) is 11.2 Å². The first-order valence-electron chi connectivity index (χ1n) is 8.55. The summed E-state index contributed by atoms with van der Waals surface area (Å²) in [6.07, 6.45) is -5.24. The number of carboxylic acids is 1. The van der Waals surface area contributed by atoms with E-state index in [0.29, 0.717) is 16.9 Å². The molecule has 2 aromatic carbocycles. The van der Waals surface area contributed by atoms with Crippen LogP contribution < -0.4 is 10.1 Å². The predicted octanol–water partition coefficient (Wildman–Crippen LogP) is 4.14. The van der Waals surface area contributed by atoms with Crippen molar-refractivity contribution in [2.24, 2.45) is 0 Å². The molecule has 0 aromatic heterocycles. The van der Waals surface area contributed by atoms with Gasteiger partial charge in [0.15, 0.2) is 6.61 Å². The maximum Gasteiger partial charge on any atom is 0.389 e. The highest BCUT2D eigenvalue weighted by Gasteiger charge is 2.26. The average molecular weight is 395 g/mol. The van der Waals surface area contributed by atoms with Crippen LogP contribution in [0.4, 0.5) is 13.2 Å². The summed E-state index contributed by atoms with van der Waals surface area (Å²) >= 11 is 0. The number of hydrogen-bond donors (Lipinski definition) is 2. The number of ether oxygens (including phenoxy) is 1. The molecule has 2 aromatic rings. The minimum Gasteiger partial charge on any atom is -0.482 e. The lowest BCUT2D eigenvalue weighted by Gasteiger charge is -2.15. The predicted molar refractivity (Wildman–Crippen MR) is 96.3 cm³/mol. The Morgan fingerprint density at radius 1 is 1.07 bits per heavy atom. The summed E-state index contributed by atoms with van der Waals surface area (Å²) in [6.45, 7) is 1.34. The summed E-state index contributed by atoms with van der Waals surface area (Å²) in [5.41, 5.74) is 1.65. The van der Waals surface area contributed by atoms with E-state index in [1.807, 2.05) is 0 Å². The van der Waals surface area contributed by atoms with Crippen molar-refractivity contribution in [2.45, 2.75) is 32.0 Å². The molecule has 0 aliphatic rings. The quantitative estimate of drug-likeness (QED) is 0.705. The third-order valence-electron chi connectivity index (χ3n) is 4.00. The van der Waals surface area contributed by atoms with E-state index in [4.69, 9.17) is 9.84 Å². The summed E-state index contributed by atoms with van der Waals surface area (Å²) in [6, 6.07) is 12.3. The summed E-state index contributed by atoms with van der Waals surface area (Å²) in [4.78, 5) is 22.8. The van der Waals surface area contributed by atoms with Crippen LogP contribution in [0.1, 0.15) is 40.9 Å². The molecule has 0 heterocycles. The fraction of sp³-hybridized carbons (Fsp3) is 0.300. The first-order chi connectivity index (χ1) is 13.1. The van der Waals surface area contributed by atoms with Crippen LogP contribution in [-0.4, -0.2) is 29.8 Å². The molecule has 150 valence electrons. The molecule has 1 unspecified atom stereocenters. The maximum atomic E-state index is 12.3. The van der Waals surface area contributed by atoms with Gasteiger partial charge in [0.05, 0.1) is 6.04 Å². The second kappa shape index (κ2) is 9.25. The van der Waals surface area contributed by atoms with E-state index in [0.717, 1.165) is 5.56 Å². The Morgan fingerprint density at radius 3 is 2.21 bits per heavy atom. The molecule has 0 aliphatic heterocycles. The van der Waals surface area contributed by atoms with Gasteiger partial charge in [0.25, 0.3) is 5.91 Å². The number of carbonyl (C=O) groups is 2. The molecule has 8 heteroatoms. The zero-order valence-electron chi connectivity index (χ0n) is 15.1. The Morgan fingerprint density at radius 2 is 1.68 bits per heavy atom. The van der Waals surface area contributed by atoms with Crippen molar-refractivity contribution in [3.05, 3.63) is 65.2 Å². The molecular weight excluding hydrogens is 375 g/mol. The number of carbonyl (C=O) groups excluding carboxylic acids is 1. The summed E-state index contributed by atoms with van der Waals surface area (Å²) in [5.74, 6) is -1.02. The van der Waals surface area contributed by atoms with Crippen molar-refractivity contribution >= 4 is 11.9 Å². The minimum atomic E-state index is -4.21. The number of hydrogen-bond acceptors (Lipinski definition) is 3. The Hall–Kier alpha value is -3.03. The number of carboxylic acid groups (broad SMARTS) is 1. The lowest BCUT2D eigenvalue weighted by Crippen LogP contribution is -2.26. The highest BCUT2D eigenvalue weighted by Crippen LogP contribution is 2.22. The fourth-order valence-electron chi connectivity index (χ4n) is 2.47. The molecule has 28 heavy (non-hydrogen) atoms. The number of alkyl halides is 3. The summed E-state index contributed by atoms with van der Waals surface area (Å²) < 4.78 is 41.8. The third-order valence-corrected chi connectivity index (χ3v) is 4.00. The Kier molecular flexibility index (Phi) is 7.03. The zero-order valence-corrected chi connectivity index (χ0v) is 15.1. The molecule has 0 bridgehead atoms. The van der Waals surface area contributed by atoms with Crippen LogP contribution in [0.25, 0.3) is 0 Å². The van der Waals surface area contributed by atoms with Crippen LogP contribution in [0.5, 0.6) is 5.75 Å². The number of nitrogens with one attached hydrogen (secondary N) is 1. The zero-order chi connectivity index (χ0) is 20.7. The number of rotatable bonds is 8. The highest BCUT2D eigenvalue weighted by atomic mass is 19.4. The Balaban J connectivity index is 1.91. The van der Waals surface area contributed by atoms with Gasteiger partial charge in [-0.1, -0.05) is 24.3 Å². The van der Waals surface area contributed by atoms with Crippen LogP contribution in [0.3, 0.4) is 0 Å². The monoisotopic (exact) mass is 395 g/mol. The van der Waals surface area contributed by atoms with Gasteiger partial charge in [-0.3, -0.25) is 4.79 Å². The normalized spacial score (nSPS) is 12.3. The van der Waals surface area contributed by atoms with Gasteiger partial charge in [0, 0.05) is 12.0 Å². The van der Waals surface area contributed by atoms with Gasteiger partial charge >= 0.3 is 12.1 Å². The molecular formula is C20H20F3NO4. The van der Waals surface area contributed by atoms with Crippen LogP contribution in [0.15, 0.2) is 48.5 Å². The molecule has 1 amide bonds. The SMILES string of the molecule is CC(NC(=O)c1ccc(CCC(F)(F)F)cc1)c1ccc(OCC(=O)O)cc1. The van der Waals surface area contributed by atoms with Gasteiger partial charge in [-0.15, -0.1) is 0 Å². The molecule has 5 nitrogen and oxygen atoms in total. The highest BCUT2D eigenvalue weighted by molar-refractivity contribution is 5.94. The molecule has 0 saturated heterocycles. The molecule has 0 saturated carbocycles. The van der Waals surface area contributed by atoms with Crippen molar-refractivity contribution in [1.29, 1.82) is 0 Å². The van der Waals surface area contributed by atoms with Gasteiger partial charge in [0.2, 0.25) is 0 Å². The average Bonchev–Trinajstić information content (AvgIpc) is 2.65. The summed E-state index contributed by atoms with van der Waals surface area (Å²) in [7, 11) is 0. The van der Waals surface area contributed by atoms with Crippen molar-refractivity contribution in [1.82, 2.24) is 5.32 Å². The lowest BCUT2D eigenvalue weighted by atomic mass is 10.1. The maximum absolute atomic E-state index is 12.3. The Bertz CT molecular complexity index is 802. The van der Waals surface area contributed by atoms with Crippen molar-refractivity contribution in [3.8, 4) is 5.75 Å². The lowest BCUT2D eigenvalue weighted by molar-refractivity contribution is -0.139. The number of amides is 1. The van der Waals surface area contributed by atoms with E-state index in [1.165, 1.54) is 24.3 Å². The molecule has 2 rings (SSSR count). The molecule has 0 fully saturated rings. The van der Waals surface area contributed by atoms with Crippen molar-refractivity contribution < 1.29 is 32.6 Å². The molecule has 0 radical (unpaired) electrons. The van der Waals surface area contributed by atoms with E-state index in [9.17, 15) is 22.8 Å². The van der Waals surface area contributed by atoms with E-state index in [2.05, 4.69) is 5.32 Å². The molecule has 0 spiro atoms. The van der Waals surface area contributed by atoms with E-state index in [1.54, 1.807) is 31.2 Å². The van der Waals surface area contributed by atoms with Gasteiger partial charge in [0.1, 0.15) is 5.75 Å². The van der Waals surface area contributed by atoms with Gasteiger partial charge < -0.3 is 15.2 Å². The van der Waals surface area contributed by atoms with Gasteiger partial charge in [-0.05, 0) is 48.7 Å². The van der Waals surface area contributed by atoms with Crippen molar-refractivity contribution in [2.75, 3.05) is 6.61 Å². The number of aryl methyl sites for hydroxylation is 1. The van der Waals surface area contributed by atoms with Crippen LogP contribution >= 0.6 is 0 Å². The molecule has 2 N–H and O–H groups in total. The Labute approximate surface area is 160 Å². The van der Waals surface area contributed by atoms with Crippen molar-refractivity contribution in [3.63, 3.8) is 0 Å². The smallest absolute Gasteiger partial charge is 0.389 e. The number of aliphatic carboxylic acids is 1.